The van der Waals surface area contributed by atoms with Gasteiger partial charge in [-0.1, -0.05) is 37.6 Å². The molecular formula is C33H30ClFN4O3S. The summed E-state index contributed by atoms with van der Waals surface area (Å²) in [5, 5.41) is 22.4. The lowest BCUT2D eigenvalue weighted by atomic mass is 9.68. The van der Waals surface area contributed by atoms with Crippen LogP contribution in [0.2, 0.25) is 5.02 Å². The van der Waals surface area contributed by atoms with Crippen LogP contribution in [0.15, 0.2) is 82.2 Å². The van der Waals surface area contributed by atoms with Crippen molar-refractivity contribution in [2.45, 2.75) is 57.1 Å². The Morgan fingerprint density at radius 1 is 1.14 bits per heavy atom. The minimum Gasteiger partial charge on any atom is -0.384 e. The molecular weight excluding hydrogens is 587 g/mol. The van der Waals surface area contributed by atoms with Crippen LogP contribution in [0.4, 0.5) is 15.8 Å². The highest BCUT2D eigenvalue weighted by Gasteiger charge is 2.45. The van der Waals surface area contributed by atoms with Crippen LogP contribution in [0, 0.1) is 46.5 Å². The summed E-state index contributed by atoms with van der Waals surface area (Å²) in [5.74, 6) is -0.436. The number of nitro groups is 1. The minimum atomic E-state index is -0.715. The van der Waals surface area contributed by atoms with E-state index in [4.69, 9.17) is 17.3 Å². The molecule has 3 aromatic carbocycles. The van der Waals surface area contributed by atoms with Gasteiger partial charge in [0.15, 0.2) is 5.78 Å². The highest BCUT2D eigenvalue weighted by Crippen LogP contribution is 2.52. The van der Waals surface area contributed by atoms with Crippen LogP contribution in [0.1, 0.15) is 54.9 Å². The fourth-order valence-corrected chi connectivity index (χ4v) is 7.12. The summed E-state index contributed by atoms with van der Waals surface area (Å²) in [7, 11) is 0. The number of nitro benzene ring substituents is 1. The van der Waals surface area contributed by atoms with E-state index in [0.29, 0.717) is 23.4 Å². The van der Waals surface area contributed by atoms with Crippen molar-refractivity contribution < 1.29 is 14.1 Å². The van der Waals surface area contributed by atoms with Crippen LogP contribution in [0.5, 0.6) is 0 Å². The van der Waals surface area contributed by atoms with Crippen LogP contribution < -0.4 is 10.6 Å². The topological polar surface area (TPSA) is 113 Å². The number of aryl methyl sites for hydroxylation is 2. The van der Waals surface area contributed by atoms with Gasteiger partial charge in [-0.25, -0.2) is 4.39 Å². The number of Topliss-reactive ketones (excluding diaryl/α,β-unsaturated/α-hetero) is 1. The van der Waals surface area contributed by atoms with E-state index in [1.165, 1.54) is 30.3 Å². The summed E-state index contributed by atoms with van der Waals surface area (Å²) in [5.41, 5.74) is 11.4. The maximum Gasteiger partial charge on any atom is 0.271 e. The first-order chi connectivity index (χ1) is 20.3. The third-order valence-electron chi connectivity index (χ3n) is 8.01. The molecule has 0 aromatic heterocycles. The molecule has 5 rings (SSSR count). The number of nitrogens with zero attached hydrogens (tertiary/aromatic N) is 3. The summed E-state index contributed by atoms with van der Waals surface area (Å²) < 4.78 is 13.4. The van der Waals surface area contributed by atoms with Gasteiger partial charge >= 0.3 is 0 Å². The van der Waals surface area contributed by atoms with Gasteiger partial charge in [-0.05, 0) is 78.3 Å². The Morgan fingerprint density at radius 3 is 2.49 bits per heavy atom. The monoisotopic (exact) mass is 616 g/mol. The highest BCUT2D eigenvalue weighted by atomic mass is 35.5. The highest BCUT2D eigenvalue weighted by molar-refractivity contribution is 7.98. The van der Waals surface area contributed by atoms with E-state index in [2.05, 4.69) is 6.07 Å². The molecule has 3 aromatic rings. The van der Waals surface area contributed by atoms with Gasteiger partial charge in [0.1, 0.15) is 11.6 Å². The molecule has 2 aliphatic rings. The molecule has 10 heteroatoms. The van der Waals surface area contributed by atoms with Crippen molar-refractivity contribution in [2.24, 2.45) is 11.1 Å². The van der Waals surface area contributed by atoms with Crippen molar-refractivity contribution in [1.29, 1.82) is 5.26 Å². The molecule has 0 spiro atoms. The van der Waals surface area contributed by atoms with E-state index < -0.39 is 16.3 Å². The lowest BCUT2D eigenvalue weighted by Crippen LogP contribution is -2.42. The van der Waals surface area contributed by atoms with Crippen molar-refractivity contribution in [2.75, 3.05) is 4.90 Å². The Hall–Kier alpha value is -4.13. The van der Waals surface area contributed by atoms with E-state index in [-0.39, 0.29) is 45.8 Å². The fraction of sp³-hybridized carbons (Fsp3) is 0.273. The zero-order chi connectivity index (χ0) is 31.2. The molecule has 2 N–H and O–H groups in total. The second-order valence-corrected chi connectivity index (χ2v) is 13.2. The summed E-state index contributed by atoms with van der Waals surface area (Å²) in [6.07, 6.45) is 0.719. The van der Waals surface area contributed by atoms with Crippen molar-refractivity contribution in [3.63, 3.8) is 0 Å². The molecule has 1 unspecified atom stereocenters. The average molecular weight is 617 g/mol. The molecule has 0 bridgehead atoms. The van der Waals surface area contributed by atoms with Crippen molar-refractivity contribution in [3.8, 4) is 6.07 Å². The first-order valence-corrected chi connectivity index (χ1v) is 15.1. The van der Waals surface area contributed by atoms with Gasteiger partial charge in [0.2, 0.25) is 0 Å². The normalized spacial score (nSPS) is 18.0. The molecule has 0 fully saturated rings. The number of rotatable bonds is 6. The molecule has 0 radical (unpaired) electrons. The zero-order valence-electron chi connectivity index (χ0n) is 24.2. The number of carbonyl (C=O) groups is 1. The van der Waals surface area contributed by atoms with E-state index in [1.807, 2.05) is 39.8 Å². The summed E-state index contributed by atoms with van der Waals surface area (Å²) in [6, 6.07) is 16.7. The first-order valence-electron chi connectivity index (χ1n) is 13.7. The molecule has 1 aliphatic carbocycles. The Labute approximate surface area is 259 Å². The molecule has 1 atom stereocenters. The zero-order valence-corrected chi connectivity index (χ0v) is 25.8. The van der Waals surface area contributed by atoms with Gasteiger partial charge in [0.05, 0.1) is 33.2 Å². The smallest absolute Gasteiger partial charge is 0.271 e. The molecule has 220 valence electrons. The third kappa shape index (κ3) is 5.77. The predicted octanol–water partition coefficient (Wildman–Crippen LogP) is 8.24. The summed E-state index contributed by atoms with van der Waals surface area (Å²) in [4.78, 5) is 27.6. The van der Waals surface area contributed by atoms with Crippen LogP contribution >= 0.6 is 23.4 Å². The lowest BCUT2D eigenvalue weighted by Gasteiger charge is -2.44. The molecule has 0 saturated heterocycles. The number of hydrogen-bond acceptors (Lipinski definition) is 7. The molecule has 43 heavy (non-hydrogen) atoms. The number of non-ortho nitro benzene ring substituents is 1. The minimum absolute atomic E-state index is 0.0846. The van der Waals surface area contributed by atoms with Gasteiger partial charge in [-0.15, -0.1) is 11.8 Å². The molecule has 7 nitrogen and oxygen atoms in total. The maximum atomic E-state index is 14.0. The summed E-state index contributed by atoms with van der Waals surface area (Å²) >= 11 is 8.15. The lowest BCUT2D eigenvalue weighted by molar-refractivity contribution is -0.384. The number of halogens is 2. The standard InChI is InChI=1S/C33H30ClFN4O3S/c1-18-11-19(2)24(12-20(18)17-43-23-8-5-21(35)6-9-23)30-25(16-36)32(37)38(27-13-22(39(41)42)7-10-26(27)34)28-14-33(3,4)15-29(40)31(28)30/h5-13,30H,14-15,17,37H2,1-4H3. The second-order valence-electron chi connectivity index (χ2n) is 11.8. The van der Waals surface area contributed by atoms with Gasteiger partial charge in [-0.3, -0.25) is 19.8 Å². The third-order valence-corrected chi connectivity index (χ3v) is 9.39. The largest absolute Gasteiger partial charge is 0.384 e. The van der Waals surface area contributed by atoms with Crippen LogP contribution in [0.25, 0.3) is 0 Å². The average Bonchev–Trinajstić information content (AvgIpc) is 2.93. The van der Waals surface area contributed by atoms with Crippen molar-refractivity contribution in [3.05, 3.63) is 120 Å². The Morgan fingerprint density at radius 2 is 1.84 bits per heavy atom. The SMILES string of the molecule is Cc1cc(C)c(C2C(C#N)=C(N)N(c3cc([N+](=O)[O-])ccc3Cl)C3=C2C(=O)CC(C)(C)C3)cc1CSc1ccc(F)cc1. The number of thioether (sulfide) groups is 1. The van der Waals surface area contributed by atoms with Crippen LogP contribution in [-0.2, 0) is 10.5 Å². The summed E-state index contributed by atoms with van der Waals surface area (Å²) in [6.45, 7) is 7.93. The van der Waals surface area contributed by atoms with E-state index in [9.17, 15) is 24.6 Å². The molecule has 0 amide bonds. The van der Waals surface area contributed by atoms with Crippen molar-refractivity contribution >= 4 is 40.5 Å². The molecule has 1 heterocycles. The van der Waals surface area contributed by atoms with Gasteiger partial charge in [0.25, 0.3) is 5.69 Å². The number of anilines is 1. The molecule has 0 saturated carbocycles. The van der Waals surface area contributed by atoms with Crippen LogP contribution in [-0.4, -0.2) is 10.7 Å². The van der Waals surface area contributed by atoms with E-state index in [0.717, 1.165) is 27.1 Å². The number of allylic oxidation sites excluding steroid dienone is 3. The van der Waals surface area contributed by atoms with Gasteiger partial charge < -0.3 is 5.73 Å². The van der Waals surface area contributed by atoms with E-state index >= 15 is 0 Å². The Bertz CT molecular complexity index is 1780. The first kappa shape index (κ1) is 30.3. The van der Waals surface area contributed by atoms with Gasteiger partial charge in [0, 0.05) is 40.5 Å². The maximum absolute atomic E-state index is 14.0. The predicted molar refractivity (Wildman–Crippen MR) is 167 cm³/mol. The quantitative estimate of drug-likeness (QED) is 0.168. The van der Waals surface area contributed by atoms with Gasteiger partial charge in [-0.2, -0.15) is 5.26 Å². The Kier molecular flexibility index (Phi) is 8.12. The fourth-order valence-electron chi connectivity index (χ4n) is 5.96. The number of carbonyl (C=O) groups excluding carboxylic acids is 1. The second kappa shape index (κ2) is 11.5. The number of ketones is 1. The van der Waals surface area contributed by atoms with Crippen LogP contribution in [0.3, 0.4) is 0 Å². The van der Waals surface area contributed by atoms with E-state index in [1.54, 1.807) is 28.8 Å². The number of benzene rings is 3. The molecule has 1 aliphatic heterocycles. The number of nitriles is 1. The number of hydrogen-bond donors (Lipinski definition) is 1. The van der Waals surface area contributed by atoms with Crippen molar-refractivity contribution in [1.82, 2.24) is 0 Å². The Balaban J connectivity index is 1.69. The number of nitrogens with two attached hydrogens (primary N) is 1.